The van der Waals surface area contributed by atoms with Crippen LogP contribution in [0.1, 0.15) is 26.7 Å². The van der Waals surface area contributed by atoms with Gasteiger partial charge in [0.1, 0.15) is 11.6 Å². The number of nitrogens with one attached hydrogen (secondary N) is 1. The van der Waals surface area contributed by atoms with E-state index in [9.17, 15) is 0 Å². The molecule has 1 unspecified atom stereocenters. The van der Waals surface area contributed by atoms with Crippen LogP contribution < -0.4 is 16.8 Å². The van der Waals surface area contributed by atoms with Crippen molar-refractivity contribution in [2.24, 2.45) is 0 Å². The van der Waals surface area contributed by atoms with Crippen molar-refractivity contribution in [1.82, 2.24) is 4.98 Å². The summed E-state index contributed by atoms with van der Waals surface area (Å²) < 4.78 is 5.67. The average molecular weight is 236 g/mol. The van der Waals surface area contributed by atoms with E-state index in [1.54, 1.807) is 6.07 Å². The fraction of sp³-hybridized carbons (Fsp3) is 0.583. The molecule has 2 heterocycles. The first-order valence-electron chi connectivity index (χ1n) is 5.89. The number of nitrogens with zero attached hydrogens (tertiary/aromatic N) is 1. The van der Waals surface area contributed by atoms with Gasteiger partial charge in [-0.25, -0.2) is 4.98 Å². The van der Waals surface area contributed by atoms with Crippen LogP contribution in [0.25, 0.3) is 0 Å². The lowest BCUT2D eigenvalue weighted by atomic mass is 9.94. The van der Waals surface area contributed by atoms with Crippen LogP contribution in [-0.2, 0) is 4.74 Å². The SMILES string of the molecule is CC1(C)CC(Nc2ccc(N)c(N)n2)CCO1. The Morgan fingerprint density at radius 1 is 1.41 bits per heavy atom. The lowest BCUT2D eigenvalue weighted by Gasteiger charge is -2.36. The highest BCUT2D eigenvalue weighted by Crippen LogP contribution is 2.26. The number of ether oxygens (including phenoxy) is 1. The molecule has 5 N–H and O–H groups in total. The van der Waals surface area contributed by atoms with Crippen molar-refractivity contribution >= 4 is 17.3 Å². The summed E-state index contributed by atoms with van der Waals surface area (Å²) >= 11 is 0. The van der Waals surface area contributed by atoms with Gasteiger partial charge < -0.3 is 21.5 Å². The Labute approximate surface area is 102 Å². The smallest absolute Gasteiger partial charge is 0.149 e. The van der Waals surface area contributed by atoms with Crippen LogP contribution in [0.4, 0.5) is 17.3 Å². The Morgan fingerprint density at radius 2 is 2.18 bits per heavy atom. The third-order valence-electron chi connectivity index (χ3n) is 3.01. The maximum atomic E-state index is 5.68. The van der Waals surface area contributed by atoms with Gasteiger partial charge in [-0.1, -0.05) is 0 Å². The summed E-state index contributed by atoms with van der Waals surface area (Å²) in [5.74, 6) is 1.15. The maximum Gasteiger partial charge on any atom is 0.149 e. The third-order valence-corrected chi connectivity index (χ3v) is 3.01. The minimum absolute atomic E-state index is 0.0741. The number of rotatable bonds is 2. The predicted octanol–water partition coefficient (Wildman–Crippen LogP) is 1.62. The number of nitrogens with two attached hydrogens (primary N) is 2. The van der Waals surface area contributed by atoms with Crippen molar-refractivity contribution in [1.29, 1.82) is 0 Å². The van der Waals surface area contributed by atoms with Crippen molar-refractivity contribution < 1.29 is 4.74 Å². The quantitative estimate of drug-likeness (QED) is 0.726. The summed E-state index contributed by atoms with van der Waals surface area (Å²) in [5, 5.41) is 3.38. The Kier molecular flexibility index (Phi) is 3.11. The van der Waals surface area contributed by atoms with E-state index in [-0.39, 0.29) is 5.60 Å². The number of pyridine rings is 1. The van der Waals surface area contributed by atoms with Crippen LogP contribution in [0.2, 0.25) is 0 Å². The molecular weight excluding hydrogens is 216 g/mol. The van der Waals surface area contributed by atoms with Gasteiger partial charge in [0.2, 0.25) is 0 Å². The molecule has 1 fully saturated rings. The highest BCUT2D eigenvalue weighted by atomic mass is 16.5. The Balaban J connectivity index is 2.03. The molecule has 1 aromatic heterocycles. The fourth-order valence-electron chi connectivity index (χ4n) is 2.13. The fourth-order valence-corrected chi connectivity index (χ4v) is 2.13. The largest absolute Gasteiger partial charge is 0.396 e. The minimum Gasteiger partial charge on any atom is -0.396 e. The second-order valence-electron chi connectivity index (χ2n) is 5.11. The molecule has 5 heteroatoms. The molecule has 0 bridgehead atoms. The molecule has 1 aliphatic rings. The van der Waals surface area contributed by atoms with Crippen molar-refractivity contribution in [3.05, 3.63) is 12.1 Å². The van der Waals surface area contributed by atoms with Crippen LogP contribution in [0.5, 0.6) is 0 Å². The number of anilines is 3. The van der Waals surface area contributed by atoms with Crippen LogP contribution >= 0.6 is 0 Å². The molecular formula is C12H20N4O. The molecule has 0 saturated carbocycles. The van der Waals surface area contributed by atoms with Crippen molar-refractivity contribution in [2.45, 2.75) is 38.3 Å². The van der Waals surface area contributed by atoms with E-state index in [0.717, 1.165) is 25.3 Å². The molecule has 0 aliphatic carbocycles. The lowest BCUT2D eigenvalue weighted by Crippen LogP contribution is -2.40. The van der Waals surface area contributed by atoms with Crippen LogP contribution in [0, 0.1) is 0 Å². The van der Waals surface area contributed by atoms with Crippen LogP contribution in [0.3, 0.4) is 0 Å². The molecule has 17 heavy (non-hydrogen) atoms. The molecule has 2 rings (SSSR count). The monoisotopic (exact) mass is 236 g/mol. The second-order valence-corrected chi connectivity index (χ2v) is 5.11. The van der Waals surface area contributed by atoms with Gasteiger partial charge in [-0.15, -0.1) is 0 Å². The van der Waals surface area contributed by atoms with Crippen LogP contribution in [0.15, 0.2) is 12.1 Å². The Bertz CT molecular complexity index is 405. The molecule has 0 spiro atoms. The molecule has 0 aromatic carbocycles. The van der Waals surface area contributed by atoms with E-state index >= 15 is 0 Å². The first-order chi connectivity index (χ1) is 7.96. The maximum absolute atomic E-state index is 5.68. The van der Waals surface area contributed by atoms with E-state index in [1.807, 2.05) is 6.07 Å². The average Bonchev–Trinajstić information content (AvgIpc) is 2.22. The second kappa shape index (κ2) is 4.41. The van der Waals surface area contributed by atoms with E-state index in [4.69, 9.17) is 16.2 Å². The zero-order valence-electron chi connectivity index (χ0n) is 10.4. The molecule has 5 nitrogen and oxygen atoms in total. The normalized spacial score (nSPS) is 23.3. The van der Waals surface area contributed by atoms with Gasteiger partial charge >= 0.3 is 0 Å². The molecule has 0 radical (unpaired) electrons. The highest BCUT2D eigenvalue weighted by Gasteiger charge is 2.28. The van der Waals surface area contributed by atoms with Gasteiger partial charge in [-0.05, 0) is 38.8 Å². The van der Waals surface area contributed by atoms with E-state index < -0.39 is 0 Å². The molecule has 1 saturated heterocycles. The minimum atomic E-state index is -0.0741. The zero-order chi connectivity index (χ0) is 12.5. The molecule has 0 amide bonds. The van der Waals surface area contributed by atoms with Crippen molar-refractivity contribution in [3.8, 4) is 0 Å². The summed E-state index contributed by atoms with van der Waals surface area (Å²) in [6, 6.07) is 4.00. The molecule has 94 valence electrons. The topological polar surface area (TPSA) is 86.2 Å². The zero-order valence-corrected chi connectivity index (χ0v) is 10.4. The predicted molar refractivity (Wildman–Crippen MR) is 69.7 cm³/mol. The summed E-state index contributed by atoms with van der Waals surface area (Å²) in [6.45, 7) is 4.98. The molecule has 1 atom stereocenters. The summed E-state index contributed by atoms with van der Waals surface area (Å²) in [7, 11) is 0. The van der Waals surface area contributed by atoms with Crippen molar-refractivity contribution in [3.63, 3.8) is 0 Å². The van der Waals surface area contributed by atoms with E-state index in [2.05, 4.69) is 24.1 Å². The standard InChI is InChI=1S/C12H20N4O/c1-12(2)7-8(5-6-17-12)15-10-4-3-9(13)11(14)16-10/h3-4,8H,5-7,13H2,1-2H3,(H3,14,15,16). The number of nitrogen functional groups attached to an aromatic ring is 2. The van der Waals surface area contributed by atoms with E-state index in [0.29, 0.717) is 17.5 Å². The molecule has 1 aliphatic heterocycles. The lowest BCUT2D eigenvalue weighted by molar-refractivity contribution is -0.0553. The number of aromatic nitrogens is 1. The summed E-state index contributed by atoms with van der Waals surface area (Å²) in [4.78, 5) is 4.22. The van der Waals surface area contributed by atoms with Gasteiger partial charge in [-0.3, -0.25) is 0 Å². The number of hydrogen-bond acceptors (Lipinski definition) is 5. The van der Waals surface area contributed by atoms with Gasteiger partial charge in [-0.2, -0.15) is 0 Å². The van der Waals surface area contributed by atoms with Gasteiger partial charge in [0.15, 0.2) is 0 Å². The van der Waals surface area contributed by atoms with Gasteiger partial charge in [0.05, 0.1) is 11.3 Å². The number of hydrogen-bond donors (Lipinski definition) is 3. The first-order valence-corrected chi connectivity index (χ1v) is 5.89. The molecule has 1 aromatic rings. The third kappa shape index (κ3) is 3.00. The van der Waals surface area contributed by atoms with Gasteiger partial charge in [0.25, 0.3) is 0 Å². The Morgan fingerprint density at radius 3 is 2.82 bits per heavy atom. The van der Waals surface area contributed by atoms with Crippen LogP contribution in [-0.4, -0.2) is 23.2 Å². The van der Waals surface area contributed by atoms with Crippen molar-refractivity contribution in [2.75, 3.05) is 23.4 Å². The Hall–Kier alpha value is -1.49. The van der Waals surface area contributed by atoms with Gasteiger partial charge in [0, 0.05) is 12.6 Å². The summed E-state index contributed by atoms with van der Waals surface area (Å²) in [6.07, 6.45) is 1.94. The highest BCUT2D eigenvalue weighted by molar-refractivity contribution is 5.61. The summed E-state index contributed by atoms with van der Waals surface area (Å²) in [5.41, 5.74) is 11.8. The van der Waals surface area contributed by atoms with E-state index in [1.165, 1.54) is 0 Å². The first kappa shape index (κ1) is 12.0.